The molecule has 0 saturated carbocycles. The number of piperidine rings is 1. The van der Waals surface area contributed by atoms with Crippen molar-refractivity contribution in [3.8, 4) is 0 Å². The lowest BCUT2D eigenvalue weighted by atomic mass is 9.92. The first-order valence-electron chi connectivity index (χ1n) is 8.58. The normalized spacial score (nSPS) is 21.1. The Bertz CT molecular complexity index is 655. The van der Waals surface area contributed by atoms with Gasteiger partial charge in [-0.3, -0.25) is 4.79 Å². The summed E-state index contributed by atoms with van der Waals surface area (Å²) >= 11 is 0. The van der Waals surface area contributed by atoms with Crippen LogP contribution >= 0.6 is 0 Å². The number of Topliss-reactive ketones (excluding diaryl/α,β-unsaturated/α-hetero) is 1. The summed E-state index contributed by atoms with van der Waals surface area (Å²) in [7, 11) is 0. The molecule has 2 unspecified atom stereocenters. The smallest absolute Gasteiger partial charge is 0.410 e. The Balaban J connectivity index is 2.17. The summed E-state index contributed by atoms with van der Waals surface area (Å²) in [4.78, 5) is 26.6. The molecular formula is C19H25F2NO3. The molecule has 0 N–H and O–H groups in total. The van der Waals surface area contributed by atoms with Crippen LogP contribution in [0.15, 0.2) is 18.2 Å². The Morgan fingerprint density at radius 3 is 2.52 bits per heavy atom. The second kappa shape index (κ2) is 7.50. The van der Waals surface area contributed by atoms with Gasteiger partial charge in [-0.15, -0.1) is 0 Å². The number of amides is 1. The van der Waals surface area contributed by atoms with Crippen LogP contribution in [0.1, 0.15) is 63.7 Å². The molecular weight excluding hydrogens is 328 g/mol. The molecule has 1 aliphatic heterocycles. The van der Waals surface area contributed by atoms with Crippen molar-refractivity contribution in [3.05, 3.63) is 35.4 Å². The van der Waals surface area contributed by atoms with Gasteiger partial charge in [0.25, 0.3) is 0 Å². The van der Waals surface area contributed by atoms with E-state index < -0.39 is 29.1 Å². The van der Waals surface area contributed by atoms with Crippen molar-refractivity contribution in [2.45, 2.75) is 71.1 Å². The number of ketones is 1. The van der Waals surface area contributed by atoms with E-state index in [0.29, 0.717) is 12.5 Å². The van der Waals surface area contributed by atoms with Crippen LogP contribution in [-0.4, -0.2) is 34.5 Å². The Kier molecular flexibility index (Phi) is 5.80. The maximum absolute atomic E-state index is 13.8. The van der Waals surface area contributed by atoms with E-state index in [2.05, 4.69) is 0 Å². The fourth-order valence-electron chi connectivity index (χ4n) is 3.17. The number of halogens is 2. The Morgan fingerprint density at radius 1 is 1.24 bits per heavy atom. The Morgan fingerprint density at radius 2 is 1.92 bits per heavy atom. The van der Waals surface area contributed by atoms with Gasteiger partial charge in [-0.2, -0.15) is 0 Å². The molecule has 2 rings (SSSR count). The minimum absolute atomic E-state index is 0.00780. The standard InChI is InChI=1S/C19H25F2NO3/c1-12-6-5-7-14(22(12)18(24)25-19(2,3)4)11-17(23)15-9-8-13(20)10-16(15)21/h8-10,12,14H,5-7,11H2,1-4H3. The molecule has 25 heavy (non-hydrogen) atoms. The monoisotopic (exact) mass is 353 g/mol. The van der Waals surface area contributed by atoms with Crippen LogP contribution in [0.25, 0.3) is 0 Å². The maximum atomic E-state index is 13.8. The fraction of sp³-hybridized carbons (Fsp3) is 0.579. The first kappa shape index (κ1) is 19.3. The van der Waals surface area contributed by atoms with E-state index in [4.69, 9.17) is 4.74 Å². The molecule has 1 saturated heterocycles. The number of benzene rings is 1. The van der Waals surface area contributed by atoms with Gasteiger partial charge in [0, 0.05) is 24.6 Å². The van der Waals surface area contributed by atoms with Gasteiger partial charge in [0.05, 0.1) is 5.56 Å². The zero-order valence-electron chi connectivity index (χ0n) is 15.1. The summed E-state index contributed by atoms with van der Waals surface area (Å²) in [5.74, 6) is -2.04. The molecule has 4 nitrogen and oxygen atoms in total. The van der Waals surface area contributed by atoms with Crippen molar-refractivity contribution in [1.82, 2.24) is 4.90 Å². The quantitative estimate of drug-likeness (QED) is 0.739. The highest BCUT2D eigenvalue weighted by Gasteiger charge is 2.36. The van der Waals surface area contributed by atoms with Crippen LogP contribution in [-0.2, 0) is 4.74 Å². The number of carbonyl (C=O) groups excluding carboxylic acids is 2. The second-order valence-corrected chi connectivity index (χ2v) is 7.57. The minimum atomic E-state index is -0.877. The third kappa shape index (κ3) is 5.00. The maximum Gasteiger partial charge on any atom is 0.410 e. The second-order valence-electron chi connectivity index (χ2n) is 7.57. The number of likely N-dealkylation sites (tertiary alicyclic amines) is 1. The number of ether oxygens (including phenoxy) is 1. The van der Waals surface area contributed by atoms with Crippen LogP contribution in [0, 0.1) is 11.6 Å². The lowest BCUT2D eigenvalue weighted by Crippen LogP contribution is -2.51. The SMILES string of the molecule is CC1CCCC(CC(=O)c2ccc(F)cc2F)N1C(=O)OC(C)(C)C. The van der Waals surface area contributed by atoms with Crippen LogP contribution in [0.3, 0.4) is 0 Å². The lowest BCUT2D eigenvalue weighted by molar-refractivity contribution is -0.00306. The lowest BCUT2D eigenvalue weighted by Gasteiger charge is -2.41. The average molecular weight is 353 g/mol. The summed E-state index contributed by atoms with van der Waals surface area (Å²) in [6.45, 7) is 7.27. The molecule has 0 aliphatic carbocycles. The molecule has 1 amide bonds. The number of hydrogen-bond acceptors (Lipinski definition) is 3. The van der Waals surface area contributed by atoms with E-state index >= 15 is 0 Å². The Labute approximate surface area is 147 Å². The van der Waals surface area contributed by atoms with Gasteiger partial charge in [0.15, 0.2) is 5.78 Å². The van der Waals surface area contributed by atoms with Gasteiger partial charge in [0.2, 0.25) is 0 Å². The Hall–Kier alpha value is -1.98. The van der Waals surface area contributed by atoms with Crippen molar-refractivity contribution < 1.29 is 23.1 Å². The molecule has 1 aromatic rings. The van der Waals surface area contributed by atoms with Crippen LogP contribution in [0.4, 0.5) is 13.6 Å². The first-order chi connectivity index (χ1) is 11.6. The van der Waals surface area contributed by atoms with Gasteiger partial charge in [-0.05, 0) is 59.1 Å². The summed E-state index contributed by atoms with van der Waals surface area (Å²) in [5.41, 5.74) is -0.782. The molecule has 0 radical (unpaired) electrons. The predicted molar refractivity (Wildman–Crippen MR) is 90.5 cm³/mol. The van der Waals surface area contributed by atoms with Gasteiger partial charge < -0.3 is 9.64 Å². The van der Waals surface area contributed by atoms with Crippen molar-refractivity contribution in [2.24, 2.45) is 0 Å². The van der Waals surface area contributed by atoms with Crippen LogP contribution in [0.5, 0.6) is 0 Å². The van der Waals surface area contributed by atoms with Crippen molar-refractivity contribution in [2.75, 3.05) is 0 Å². The first-order valence-corrected chi connectivity index (χ1v) is 8.58. The molecule has 0 bridgehead atoms. The number of rotatable bonds is 3. The molecule has 1 heterocycles. The van der Waals surface area contributed by atoms with Crippen LogP contribution in [0.2, 0.25) is 0 Å². The number of nitrogens with zero attached hydrogens (tertiary/aromatic N) is 1. The van der Waals surface area contributed by atoms with Gasteiger partial charge in [-0.25, -0.2) is 13.6 Å². The topological polar surface area (TPSA) is 46.6 Å². The van der Waals surface area contributed by atoms with Gasteiger partial charge in [-0.1, -0.05) is 0 Å². The average Bonchev–Trinajstić information content (AvgIpc) is 2.44. The summed E-state index contributed by atoms with van der Waals surface area (Å²) in [6, 6.07) is 2.50. The zero-order valence-corrected chi connectivity index (χ0v) is 15.1. The van der Waals surface area contributed by atoms with Crippen molar-refractivity contribution >= 4 is 11.9 Å². The number of carbonyl (C=O) groups is 2. The molecule has 2 atom stereocenters. The van der Waals surface area contributed by atoms with E-state index in [9.17, 15) is 18.4 Å². The molecule has 0 aromatic heterocycles. The van der Waals surface area contributed by atoms with E-state index in [0.717, 1.165) is 25.0 Å². The molecule has 138 valence electrons. The van der Waals surface area contributed by atoms with Gasteiger partial charge >= 0.3 is 6.09 Å². The fourth-order valence-corrected chi connectivity index (χ4v) is 3.17. The molecule has 6 heteroatoms. The largest absolute Gasteiger partial charge is 0.444 e. The third-order valence-corrected chi connectivity index (χ3v) is 4.28. The number of hydrogen-bond donors (Lipinski definition) is 0. The van der Waals surface area contributed by atoms with Crippen molar-refractivity contribution in [1.29, 1.82) is 0 Å². The highest BCUT2D eigenvalue weighted by atomic mass is 19.1. The zero-order chi connectivity index (χ0) is 18.8. The predicted octanol–water partition coefficient (Wildman–Crippen LogP) is 4.72. The highest BCUT2D eigenvalue weighted by molar-refractivity contribution is 5.96. The van der Waals surface area contributed by atoms with E-state index in [-0.39, 0.29) is 24.1 Å². The van der Waals surface area contributed by atoms with Crippen LogP contribution < -0.4 is 0 Å². The summed E-state index contributed by atoms with van der Waals surface area (Å²) < 4.78 is 32.3. The molecule has 1 fully saturated rings. The summed E-state index contributed by atoms with van der Waals surface area (Å²) in [6.07, 6.45) is 1.89. The van der Waals surface area contributed by atoms with E-state index in [1.165, 1.54) is 0 Å². The van der Waals surface area contributed by atoms with E-state index in [1.807, 2.05) is 6.92 Å². The highest BCUT2D eigenvalue weighted by Crippen LogP contribution is 2.28. The molecule has 1 aliphatic rings. The third-order valence-electron chi connectivity index (χ3n) is 4.28. The van der Waals surface area contributed by atoms with Crippen molar-refractivity contribution in [3.63, 3.8) is 0 Å². The summed E-state index contributed by atoms with van der Waals surface area (Å²) in [5, 5.41) is 0. The molecule has 1 aromatic carbocycles. The van der Waals surface area contributed by atoms with Gasteiger partial charge in [0.1, 0.15) is 17.2 Å². The minimum Gasteiger partial charge on any atom is -0.444 e. The molecule has 0 spiro atoms. The van der Waals surface area contributed by atoms with E-state index in [1.54, 1.807) is 25.7 Å².